The van der Waals surface area contributed by atoms with Crippen molar-refractivity contribution < 1.29 is 4.39 Å². The molecule has 0 aromatic heterocycles. The number of halogens is 2. The van der Waals surface area contributed by atoms with Crippen LogP contribution in [-0.4, -0.2) is 13.2 Å². The molecule has 3 heteroatoms. The maximum Gasteiger partial charge on any atom is 0.107 e. The molecule has 66 valence electrons. The number of hydrogen-bond donors (Lipinski definition) is 1. The lowest BCUT2D eigenvalue weighted by molar-refractivity contribution is 0.513. The van der Waals surface area contributed by atoms with Crippen molar-refractivity contribution in [1.29, 1.82) is 0 Å². The zero-order valence-electron chi connectivity index (χ0n) is 6.90. The third-order valence-electron chi connectivity index (χ3n) is 1.53. The predicted molar refractivity (Wildman–Crippen MR) is 50.7 cm³/mol. The molecule has 0 aliphatic heterocycles. The van der Waals surface area contributed by atoms with Crippen LogP contribution >= 0.6 is 11.6 Å². The molecule has 0 aliphatic rings. The van der Waals surface area contributed by atoms with Gasteiger partial charge in [-0.05, 0) is 24.6 Å². The summed E-state index contributed by atoms with van der Waals surface area (Å²) in [7, 11) is 0. The molecule has 0 unspecified atom stereocenters. The summed E-state index contributed by atoms with van der Waals surface area (Å²) in [5, 5.41) is 3.53. The fraction of sp³-hybridized carbons (Fsp3) is 0.333. The van der Waals surface area contributed by atoms with E-state index >= 15 is 0 Å². The van der Waals surface area contributed by atoms with Crippen LogP contribution in [0.5, 0.6) is 0 Å². The fourth-order valence-corrected chi connectivity index (χ4v) is 1.14. The SMILES string of the molecule is Cc1ccc(Cl)c(NCCF)c1. The molecule has 0 saturated carbocycles. The van der Waals surface area contributed by atoms with Crippen LogP contribution in [-0.2, 0) is 0 Å². The largest absolute Gasteiger partial charge is 0.381 e. The van der Waals surface area contributed by atoms with Gasteiger partial charge in [0.2, 0.25) is 0 Å². The zero-order valence-corrected chi connectivity index (χ0v) is 7.66. The second kappa shape index (κ2) is 4.31. The van der Waals surface area contributed by atoms with Crippen LogP contribution in [0.15, 0.2) is 18.2 Å². The first-order valence-corrected chi connectivity index (χ1v) is 4.18. The number of rotatable bonds is 3. The zero-order chi connectivity index (χ0) is 8.97. The Kier molecular flexibility index (Phi) is 3.35. The molecule has 1 nitrogen and oxygen atoms in total. The molecule has 0 radical (unpaired) electrons. The van der Waals surface area contributed by atoms with Crippen LogP contribution in [0, 0.1) is 6.92 Å². The molecule has 0 atom stereocenters. The molecule has 0 aliphatic carbocycles. The topological polar surface area (TPSA) is 12.0 Å². The summed E-state index contributed by atoms with van der Waals surface area (Å²) in [5.41, 5.74) is 1.91. The van der Waals surface area contributed by atoms with Gasteiger partial charge in [0.05, 0.1) is 10.7 Å². The third kappa shape index (κ3) is 2.38. The van der Waals surface area contributed by atoms with Gasteiger partial charge in [-0.2, -0.15) is 0 Å². The number of benzene rings is 1. The summed E-state index contributed by atoms with van der Waals surface area (Å²) in [4.78, 5) is 0. The molecule has 0 spiro atoms. The molecule has 12 heavy (non-hydrogen) atoms. The Balaban J connectivity index is 2.75. The van der Waals surface area contributed by atoms with E-state index in [-0.39, 0.29) is 6.67 Å². The summed E-state index contributed by atoms with van der Waals surface area (Å²) in [6.07, 6.45) is 0. The number of aryl methyl sites for hydroxylation is 1. The molecule has 1 N–H and O–H groups in total. The van der Waals surface area contributed by atoms with E-state index in [4.69, 9.17) is 11.6 Å². The van der Waals surface area contributed by atoms with Crippen molar-refractivity contribution in [2.45, 2.75) is 6.92 Å². The van der Waals surface area contributed by atoms with Crippen molar-refractivity contribution >= 4 is 17.3 Å². The minimum atomic E-state index is -0.385. The van der Waals surface area contributed by atoms with Crippen molar-refractivity contribution in [3.63, 3.8) is 0 Å². The van der Waals surface area contributed by atoms with E-state index in [1.807, 2.05) is 19.1 Å². The van der Waals surface area contributed by atoms with Gasteiger partial charge in [-0.3, -0.25) is 0 Å². The van der Waals surface area contributed by atoms with Crippen LogP contribution in [0.3, 0.4) is 0 Å². The molecule has 0 amide bonds. The van der Waals surface area contributed by atoms with Gasteiger partial charge in [0.1, 0.15) is 6.67 Å². The second-order valence-electron chi connectivity index (χ2n) is 2.60. The highest BCUT2D eigenvalue weighted by molar-refractivity contribution is 6.33. The summed E-state index contributed by atoms with van der Waals surface area (Å²) in [6.45, 7) is 1.89. The van der Waals surface area contributed by atoms with Gasteiger partial charge in [-0.1, -0.05) is 17.7 Å². The first-order valence-electron chi connectivity index (χ1n) is 3.80. The smallest absolute Gasteiger partial charge is 0.107 e. The summed E-state index contributed by atoms with van der Waals surface area (Å²) < 4.78 is 11.8. The van der Waals surface area contributed by atoms with Gasteiger partial charge in [0.15, 0.2) is 0 Å². The molecule has 0 fully saturated rings. The fourth-order valence-electron chi connectivity index (χ4n) is 0.957. The maximum absolute atomic E-state index is 11.8. The Morgan fingerprint density at radius 2 is 2.25 bits per heavy atom. The Labute approximate surface area is 76.5 Å². The van der Waals surface area contributed by atoms with Crippen molar-refractivity contribution in [2.75, 3.05) is 18.5 Å². The Morgan fingerprint density at radius 1 is 1.50 bits per heavy atom. The number of hydrogen-bond acceptors (Lipinski definition) is 1. The van der Waals surface area contributed by atoms with Gasteiger partial charge in [-0.25, -0.2) is 4.39 Å². The van der Waals surface area contributed by atoms with E-state index in [0.29, 0.717) is 11.6 Å². The van der Waals surface area contributed by atoms with Gasteiger partial charge in [-0.15, -0.1) is 0 Å². The van der Waals surface area contributed by atoms with Crippen molar-refractivity contribution in [3.8, 4) is 0 Å². The average Bonchev–Trinajstić information content (AvgIpc) is 2.07. The first-order chi connectivity index (χ1) is 5.74. The molecule has 1 aromatic rings. The van der Waals surface area contributed by atoms with E-state index in [2.05, 4.69) is 5.32 Å². The van der Waals surface area contributed by atoms with Crippen molar-refractivity contribution in [2.24, 2.45) is 0 Å². The normalized spacial score (nSPS) is 9.92. The van der Waals surface area contributed by atoms with Crippen LogP contribution in [0.1, 0.15) is 5.56 Å². The Hall–Kier alpha value is -0.760. The minimum absolute atomic E-state index is 0.309. The van der Waals surface area contributed by atoms with Crippen molar-refractivity contribution in [1.82, 2.24) is 0 Å². The molecule has 0 bridgehead atoms. The van der Waals surface area contributed by atoms with E-state index in [1.54, 1.807) is 6.07 Å². The van der Waals surface area contributed by atoms with Crippen LogP contribution in [0.25, 0.3) is 0 Å². The summed E-state index contributed by atoms with van der Waals surface area (Å²) >= 11 is 5.85. The molecular formula is C9H11ClFN. The number of alkyl halides is 1. The lowest BCUT2D eigenvalue weighted by Crippen LogP contribution is -2.03. The van der Waals surface area contributed by atoms with Crippen LogP contribution < -0.4 is 5.32 Å². The lowest BCUT2D eigenvalue weighted by atomic mass is 10.2. The molecular weight excluding hydrogens is 177 g/mol. The van der Waals surface area contributed by atoms with Crippen molar-refractivity contribution in [3.05, 3.63) is 28.8 Å². The van der Waals surface area contributed by atoms with Gasteiger partial charge in [0, 0.05) is 6.54 Å². The molecule has 0 saturated heterocycles. The third-order valence-corrected chi connectivity index (χ3v) is 1.86. The van der Waals surface area contributed by atoms with Gasteiger partial charge >= 0.3 is 0 Å². The van der Waals surface area contributed by atoms with E-state index < -0.39 is 0 Å². The highest BCUT2D eigenvalue weighted by Gasteiger charge is 1.98. The predicted octanol–water partition coefficient (Wildman–Crippen LogP) is 3.03. The highest BCUT2D eigenvalue weighted by atomic mass is 35.5. The monoisotopic (exact) mass is 187 g/mol. The Morgan fingerprint density at radius 3 is 2.92 bits per heavy atom. The standard InChI is InChI=1S/C9H11ClFN/c1-7-2-3-8(10)9(6-7)12-5-4-11/h2-3,6,12H,4-5H2,1H3. The second-order valence-corrected chi connectivity index (χ2v) is 3.01. The van der Waals surface area contributed by atoms with Gasteiger partial charge < -0.3 is 5.32 Å². The van der Waals surface area contributed by atoms with Crippen LogP contribution in [0.2, 0.25) is 5.02 Å². The molecule has 1 aromatic carbocycles. The van der Waals surface area contributed by atoms with E-state index in [9.17, 15) is 4.39 Å². The Bertz CT molecular complexity index is 263. The highest BCUT2D eigenvalue weighted by Crippen LogP contribution is 2.22. The van der Waals surface area contributed by atoms with E-state index in [1.165, 1.54) is 0 Å². The van der Waals surface area contributed by atoms with Crippen LogP contribution in [0.4, 0.5) is 10.1 Å². The lowest BCUT2D eigenvalue weighted by Gasteiger charge is -2.06. The molecule has 1 rings (SSSR count). The molecule has 0 heterocycles. The number of nitrogens with one attached hydrogen (secondary N) is 1. The maximum atomic E-state index is 11.8. The average molecular weight is 188 g/mol. The van der Waals surface area contributed by atoms with E-state index in [0.717, 1.165) is 11.3 Å². The minimum Gasteiger partial charge on any atom is -0.381 e. The number of anilines is 1. The summed E-state index contributed by atoms with van der Waals surface area (Å²) in [6, 6.07) is 5.62. The quantitative estimate of drug-likeness (QED) is 0.767. The summed E-state index contributed by atoms with van der Waals surface area (Å²) in [5.74, 6) is 0. The first kappa shape index (κ1) is 9.33. The van der Waals surface area contributed by atoms with Gasteiger partial charge in [0.25, 0.3) is 0 Å².